The molecule has 0 fully saturated rings. The van der Waals surface area contributed by atoms with Crippen LogP contribution in [-0.2, 0) is 17.8 Å². The third kappa shape index (κ3) is 3.69. The van der Waals surface area contributed by atoms with Gasteiger partial charge in [-0.3, -0.25) is 4.79 Å². The molecular formula is C18H23N3O3. The molecule has 1 aliphatic heterocycles. The molecule has 6 heteroatoms. The summed E-state index contributed by atoms with van der Waals surface area (Å²) in [6, 6.07) is 5.80. The van der Waals surface area contributed by atoms with E-state index in [9.17, 15) is 4.79 Å². The number of ether oxygens (including phenoxy) is 2. The van der Waals surface area contributed by atoms with Crippen molar-refractivity contribution in [2.45, 2.75) is 46.1 Å². The second-order valence-corrected chi connectivity index (χ2v) is 5.99. The average molecular weight is 329 g/mol. The van der Waals surface area contributed by atoms with Crippen molar-refractivity contribution in [3.63, 3.8) is 0 Å². The van der Waals surface area contributed by atoms with E-state index in [4.69, 9.17) is 9.47 Å². The van der Waals surface area contributed by atoms with Gasteiger partial charge in [-0.25, -0.2) is 4.68 Å². The summed E-state index contributed by atoms with van der Waals surface area (Å²) in [6.45, 7) is 5.19. The van der Waals surface area contributed by atoms with Gasteiger partial charge in [-0.05, 0) is 37.5 Å². The van der Waals surface area contributed by atoms with Gasteiger partial charge in [-0.1, -0.05) is 19.4 Å². The number of amides is 1. The lowest BCUT2D eigenvalue weighted by Crippen LogP contribution is -2.17. The van der Waals surface area contributed by atoms with E-state index in [-0.39, 0.29) is 12.7 Å². The third-order valence-electron chi connectivity index (χ3n) is 4.08. The second kappa shape index (κ2) is 7.38. The molecule has 0 spiro atoms. The van der Waals surface area contributed by atoms with Crippen molar-refractivity contribution in [2.24, 2.45) is 0 Å². The molecule has 0 aliphatic carbocycles. The molecule has 128 valence electrons. The highest BCUT2D eigenvalue weighted by Crippen LogP contribution is 2.32. The van der Waals surface area contributed by atoms with Crippen LogP contribution in [0.15, 0.2) is 24.4 Å². The summed E-state index contributed by atoms with van der Waals surface area (Å²) in [5.41, 5.74) is 2.05. The molecule has 0 unspecified atom stereocenters. The number of rotatable bonds is 7. The van der Waals surface area contributed by atoms with Gasteiger partial charge in [-0.15, -0.1) is 0 Å². The summed E-state index contributed by atoms with van der Waals surface area (Å²) in [5.74, 6) is 2.31. The number of carbonyl (C=O) groups is 1. The van der Waals surface area contributed by atoms with Gasteiger partial charge in [0, 0.05) is 18.5 Å². The van der Waals surface area contributed by atoms with Crippen LogP contribution in [0.5, 0.6) is 11.5 Å². The van der Waals surface area contributed by atoms with Crippen molar-refractivity contribution in [1.82, 2.24) is 9.78 Å². The summed E-state index contributed by atoms with van der Waals surface area (Å²) in [5, 5.41) is 7.33. The fourth-order valence-corrected chi connectivity index (χ4v) is 2.67. The molecule has 0 bridgehead atoms. The summed E-state index contributed by atoms with van der Waals surface area (Å²) in [4.78, 5) is 12.3. The fraction of sp³-hybridized carbons (Fsp3) is 0.444. The summed E-state index contributed by atoms with van der Waals surface area (Å²) >= 11 is 0. The zero-order valence-electron chi connectivity index (χ0n) is 14.2. The Hall–Kier alpha value is -2.50. The molecule has 3 rings (SSSR count). The number of aromatic nitrogens is 2. The first-order valence-electron chi connectivity index (χ1n) is 8.38. The first kappa shape index (κ1) is 16.4. The molecular weight excluding hydrogens is 306 g/mol. The lowest BCUT2D eigenvalue weighted by atomic mass is 10.1. The van der Waals surface area contributed by atoms with E-state index in [2.05, 4.69) is 17.3 Å². The van der Waals surface area contributed by atoms with Crippen LogP contribution in [0.25, 0.3) is 0 Å². The van der Waals surface area contributed by atoms with Gasteiger partial charge in [0.1, 0.15) is 5.82 Å². The molecule has 1 amide bonds. The number of carbonyl (C=O) groups excluding carboxylic acids is 1. The lowest BCUT2D eigenvalue weighted by molar-refractivity contribution is -0.116. The van der Waals surface area contributed by atoms with Crippen LogP contribution in [-0.4, -0.2) is 22.5 Å². The molecule has 2 heterocycles. The zero-order valence-corrected chi connectivity index (χ0v) is 14.2. The molecule has 6 nitrogen and oxygen atoms in total. The highest BCUT2D eigenvalue weighted by molar-refractivity contribution is 5.90. The van der Waals surface area contributed by atoms with E-state index < -0.39 is 0 Å². The molecule has 2 aromatic rings. The monoisotopic (exact) mass is 329 g/mol. The predicted octanol–water partition coefficient (Wildman–Crippen LogP) is 3.29. The minimum atomic E-state index is -0.00554. The molecule has 0 saturated carbocycles. The maximum atomic E-state index is 12.3. The Bertz CT molecular complexity index is 724. The number of aryl methyl sites for hydroxylation is 3. The number of anilines is 1. The largest absolute Gasteiger partial charge is 0.454 e. The Kier molecular flexibility index (Phi) is 5.03. The minimum absolute atomic E-state index is 0.00554. The van der Waals surface area contributed by atoms with Crippen molar-refractivity contribution < 1.29 is 14.3 Å². The molecule has 1 aromatic heterocycles. The number of hydrogen-bond acceptors (Lipinski definition) is 4. The Labute approximate surface area is 141 Å². The van der Waals surface area contributed by atoms with Crippen LogP contribution in [0.1, 0.15) is 37.3 Å². The maximum absolute atomic E-state index is 12.3. The van der Waals surface area contributed by atoms with Crippen molar-refractivity contribution >= 4 is 11.7 Å². The van der Waals surface area contributed by atoms with Gasteiger partial charge >= 0.3 is 0 Å². The average Bonchev–Trinajstić information content (AvgIpc) is 3.18. The molecule has 1 N–H and O–H groups in total. The number of unbranched alkanes of at least 4 members (excludes halogenated alkanes) is 1. The topological polar surface area (TPSA) is 65.4 Å². The Morgan fingerprint density at radius 2 is 2.17 bits per heavy atom. The highest BCUT2D eigenvalue weighted by atomic mass is 16.7. The summed E-state index contributed by atoms with van der Waals surface area (Å²) in [7, 11) is 0. The van der Waals surface area contributed by atoms with E-state index in [0.717, 1.165) is 47.8 Å². The molecule has 1 aliphatic rings. The third-order valence-corrected chi connectivity index (χ3v) is 4.08. The van der Waals surface area contributed by atoms with E-state index >= 15 is 0 Å². The number of nitrogens with one attached hydrogen (secondary N) is 1. The van der Waals surface area contributed by atoms with Gasteiger partial charge in [-0.2, -0.15) is 5.10 Å². The lowest BCUT2D eigenvalue weighted by Gasteiger charge is -2.10. The number of benzene rings is 1. The van der Waals surface area contributed by atoms with Crippen molar-refractivity contribution in [3.05, 3.63) is 35.5 Å². The SMILES string of the molecule is CCCCn1ncc(C)c1NC(=O)CCc1ccc2c(c1)OCO2. The van der Waals surface area contributed by atoms with E-state index in [1.54, 1.807) is 6.20 Å². The maximum Gasteiger partial charge on any atom is 0.231 e. The molecule has 0 atom stereocenters. The molecule has 24 heavy (non-hydrogen) atoms. The van der Waals surface area contributed by atoms with Crippen molar-refractivity contribution in [3.8, 4) is 11.5 Å². The van der Waals surface area contributed by atoms with Gasteiger partial charge < -0.3 is 14.8 Å². The van der Waals surface area contributed by atoms with Crippen LogP contribution in [0.3, 0.4) is 0 Å². The Morgan fingerprint density at radius 3 is 3.00 bits per heavy atom. The predicted molar refractivity (Wildman–Crippen MR) is 91.4 cm³/mol. The van der Waals surface area contributed by atoms with Crippen LogP contribution in [0, 0.1) is 6.92 Å². The van der Waals surface area contributed by atoms with Crippen LogP contribution in [0.2, 0.25) is 0 Å². The Balaban J connectivity index is 1.57. The smallest absolute Gasteiger partial charge is 0.231 e. The molecule has 1 aromatic carbocycles. The van der Waals surface area contributed by atoms with Gasteiger partial charge in [0.15, 0.2) is 11.5 Å². The first-order chi connectivity index (χ1) is 11.7. The van der Waals surface area contributed by atoms with E-state index in [1.165, 1.54) is 0 Å². The first-order valence-corrected chi connectivity index (χ1v) is 8.38. The quantitative estimate of drug-likeness (QED) is 0.846. The standard InChI is InChI=1S/C18H23N3O3/c1-3-4-9-21-18(13(2)11-19-21)20-17(22)8-6-14-5-7-15-16(10-14)24-12-23-15/h5,7,10-11H,3-4,6,8-9,12H2,1-2H3,(H,20,22). The normalized spacial score (nSPS) is 12.4. The van der Waals surface area contributed by atoms with Gasteiger partial charge in [0.05, 0.1) is 6.20 Å². The van der Waals surface area contributed by atoms with Gasteiger partial charge in [0.25, 0.3) is 0 Å². The summed E-state index contributed by atoms with van der Waals surface area (Å²) in [6.07, 6.45) is 5.00. The number of fused-ring (bicyclic) bond motifs is 1. The van der Waals surface area contributed by atoms with Crippen LogP contribution < -0.4 is 14.8 Å². The van der Waals surface area contributed by atoms with Crippen LogP contribution >= 0.6 is 0 Å². The highest BCUT2D eigenvalue weighted by Gasteiger charge is 2.14. The zero-order chi connectivity index (χ0) is 16.9. The minimum Gasteiger partial charge on any atom is -0.454 e. The molecule has 0 radical (unpaired) electrons. The summed E-state index contributed by atoms with van der Waals surface area (Å²) < 4.78 is 12.5. The van der Waals surface area contributed by atoms with Gasteiger partial charge in [0.2, 0.25) is 12.7 Å². The fourth-order valence-electron chi connectivity index (χ4n) is 2.67. The molecule has 0 saturated heterocycles. The Morgan fingerprint density at radius 1 is 1.33 bits per heavy atom. The number of nitrogens with zero attached hydrogens (tertiary/aromatic N) is 2. The number of hydrogen-bond donors (Lipinski definition) is 1. The second-order valence-electron chi connectivity index (χ2n) is 5.99. The van der Waals surface area contributed by atoms with E-state index in [0.29, 0.717) is 12.8 Å². The van der Waals surface area contributed by atoms with Crippen LogP contribution in [0.4, 0.5) is 5.82 Å². The van der Waals surface area contributed by atoms with E-state index in [1.807, 2.05) is 29.8 Å². The van der Waals surface area contributed by atoms with Crippen molar-refractivity contribution in [1.29, 1.82) is 0 Å². The van der Waals surface area contributed by atoms with Crippen molar-refractivity contribution in [2.75, 3.05) is 12.1 Å².